The molecule has 1 aromatic carbocycles. The number of amides is 1. The maximum Gasteiger partial charge on any atom is 0.234 e. The molecule has 1 aromatic heterocycles. The first-order valence-electron chi connectivity index (χ1n) is 6.78. The third-order valence-corrected chi connectivity index (χ3v) is 3.14. The summed E-state index contributed by atoms with van der Waals surface area (Å²) in [5.41, 5.74) is 2.71. The second-order valence-corrected chi connectivity index (χ2v) is 4.84. The van der Waals surface area contributed by atoms with Gasteiger partial charge in [-0.15, -0.1) is 0 Å². The van der Waals surface area contributed by atoms with E-state index in [1.54, 1.807) is 0 Å². The number of aryl methyl sites for hydroxylation is 2. The Hall–Kier alpha value is -2.23. The van der Waals surface area contributed by atoms with Crippen molar-refractivity contribution in [3.8, 4) is 0 Å². The molecule has 0 aliphatic rings. The predicted octanol–water partition coefficient (Wildman–Crippen LogP) is 3.23. The first kappa shape index (κ1) is 14.2. The van der Waals surface area contributed by atoms with Crippen LogP contribution in [0.1, 0.15) is 36.2 Å². The number of benzene rings is 1. The molecule has 0 spiro atoms. The molecule has 1 heterocycles. The molecule has 1 amide bonds. The highest BCUT2D eigenvalue weighted by molar-refractivity contribution is 5.94. The van der Waals surface area contributed by atoms with E-state index in [2.05, 4.69) is 15.3 Å². The molecule has 4 heteroatoms. The number of aromatic nitrogens is 2. The van der Waals surface area contributed by atoms with Gasteiger partial charge in [0.1, 0.15) is 0 Å². The van der Waals surface area contributed by atoms with Gasteiger partial charge in [-0.3, -0.25) is 10.1 Å². The lowest BCUT2D eigenvalue weighted by atomic mass is 9.96. The predicted molar refractivity (Wildman–Crippen MR) is 79.6 cm³/mol. The molecule has 0 saturated carbocycles. The highest BCUT2D eigenvalue weighted by atomic mass is 16.2. The summed E-state index contributed by atoms with van der Waals surface area (Å²) in [5, 5.41) is 2.81. The molecule has 0 aliphatic carbocycles. The molecule has 0 radical (unpaired) electrons. The van der Waals surface area contributed by atoms with Gasteiger partial charge < -0.3 is 0 Å². The number of hydrogen-bond acceptors (Lipinski definition) is 3. The van der Waals surface area contributed by atoms with Crippen molar-refractivity contribution in [1.29, 1.82) is 0 Å². The van der Waals surface area contributed by atoms with Crippen LogP contribution < -0.4 is 5.32 Å². The lowest BCUT2D eigenvalue weighted by Gasteiger charge is -2.14. The second-order valence-electron chi connectivity index (χ2n) is 4.84. The standard InChI is InChI=1S/C16H19N3O/c1-4-14(13-8-6-5-7-9-13)15(20)19-16-17-11(2)10-12(3)18-16/h5-10,14H,4H2,1-3H3,(H,17,18,19,20)/t14-/m0/s1. The zero-order valence-corrected chi connectivity index (χ0v) is 12.1. The molecule has 1 N–H and O–H groups in total. The fraction of sp³-hybridized carbons (Fsp3) is 0.312. The van der Waals surface area contributed by atoms with E-state index in [0.29, 0.717) is 5.95 Å². The van der Waals surface area contributed by atoms with Crippen LogP contribution in [-0.4, -0.2) is 15.9 Å². The van der Waals surface area contributed by atoms with Crippen molar-refractivity contribution in [2.45, 2.75) is 33.1 Å². The average Bonchev–Trinajstić information content (AvgIpc) is 2.39. The number of hydrogen-bond donors (Lipinski definition) is 1. The Labute approximate surface area is 119 Å². The molecule has 0 aliphatic heterocycles. The molecule has 0 bridgehead atoms. The van der Waals surface area contributed by atoms with Crippen molar-refractivity contribution in [1.82, 2.24) is 9.97 Å². The number of nitrogens with one attached hydrogen (secondary N) is 1. The maximum absolute atomic E-state index is 12.4. The molecule has 0 saturated heterocycles. The van der Waals surface area contributed by atoms with Crippen LogP contribution in [0, 0.1) is 13.8 Å². The average molecular weight is 269 g/mol. The van der Waals surface area contributed by atoms with Gasteiger partial charge in [0, 0.05) is 11.4 Å². The van der Waals surface area contributed by atoms with Gasteiger partial charge in [0.25, 0.3) is 0 Å². The van der Waals surface area contributed by atoms with Gasteiger partial charge in [-0.1, -0.05) is 37.3 Å². The van der Waals surface area contributed by atoms with Crippen molar-refractivity contribution < 1.29 is 4.79 Å². The summed E-state index contributed by atoms with van der Waals surface area (Å²) in [7, 11) is 0. The molecular weight excluding hydrogens is 250 g/mol. The van der Waals surface area contributed by atoms with Crippen LogP contribution >= 0.6 is 0 Å². The van der Waals surface area contributed by atoms with E-state index in [4.69, 9.17) is 0 Å². The normalized spacial score (nSPS) is 11.9. The Kier molecular flexibility index (Phi) is 4.45. The number of carbonyl (C=O) groups is 1. The molecule has 2 aromatic rings. The summed E-state index contributed by atoms with van der Waals surface area (Å²) >= 11 is 0. The minimum atomic E-state index is -0.180. The van der Waals surface area contributed by atoms with Gasteiger partial charge in [-0.2, -0.15) is 0 Å². The van der Waals surface area contributed by atoms with E-state index in [9.17, 15) is 4.79 Å². The van der Waals surface area contributed by atoms with Crippen molar-refractivity contribution in [2.75, 3.05) is 5.32 Å². The van der Waals surface area contributed by atoms with Crippen LogP contribution in [0.2, 0.25) is 0 Å². The molecule has 0 fully saturated rings. The van der Waals surface area contributed by atoms with Gasteiger partial charge in [-0.05, 0) is 31.9 Å². The summed E-state index contributed by atoms with van der Waals surface area (Å²) in [6, 6.07) is 11.6. The zero-order chi connectivity index (χ0) is 14.5. The molecule has 20 heavy (non-hydrogen) atoms. The van der Waals surface area contributed by atoms with E-state index in [1.165, 1.54) is 0 Å². The Morgan fingerprint density at radius 3 is 2.30 bits per heavy atom. The SMILES string of the molecule is CC[C@H](C(=O)Nc1nc(C)cc(C)n1)c1ccccc1. The van der Waals surface area contributed by atoms with Crippen LogP contribution in [-0.2, 0) is 4.79 Å². The van der Waals surface area contributed by atoms with E-state index in [-0.39, 0.29) is 11.8 Å². The van der Waals surface area contributed by atoms with Crippen LogP contribution in [0.25, 0.3) is 0 Å². The first-order chi connectivity index (χ1) is 9.60. The van der Waals surface area contributed by atoms with E-state index in [1.807, 2.05) is 57.2 Å². The van der Waals surface area contributed by atoms with Crippen LogP contribution in [0.15, 0.2) is 36.4 Å². The monoisotopic (exact) mass is 269 g/mol. The largest absolute Gasteiger partial charge is 0.294 e. The van der Waals surface area contributed by atoms with Gasteiger partial charge in [-0.25, -0.2) is 9.97 Å². The Morgan fingerprint density at radius 2 is 1.75 bits per heavy atom. The molecule has 104 valence electrons. The summed E-state index contributed by atoms with van der Waals surface area (Å²) in [6.45, 7) is 5.78. The van der Waals surface area contributed by atoms with E-state index in [0.717, 1.165) is 23.4 Å². The highest BCUT2D eigenvalue weighted by Gasteiger charge is 2.19. The number of nitrogens with zero attached hydrogens (tertiary/aromatic N) is 2. The van der Waals surface area contributed by atoms with Crippen molar-refractivity contribution >= 4 is 11.9 Å². The van der Waals surface area contributed by atoms with Gasteiger partial charge in [0.05, 0.1) is 5.92 Å². The van der Waals surface area contributed by atoms with E-state index >= 15 is 0 Å². The molecule has 1 atom stereocenters. The van der Waals surface area contributed by atoms with Crippen LogP contribution in [0.5, 0.6) is 0 Å². The zero-order valence-electron chi connectivity index (χ0n) is 12.1. The number of carbonyl (C=O) groups excluding carboxylic acids is 1. The topological polar surface area (TPSA) is 54.9 Å². The van der Waals surface area contributed by atoms with Crippen molar-refractivity contribution in [3.63, 3.8) is 0 Å². The molecule has 4 nitrogen and oxygen atoms in total. The summed E-state index contributed by atoms with van der Waals surface area (Å²) < 4.78 is 0. The minimum Gasteiger partial charge on any atom is -0.294 e. The molecule has 2 rings (SSSR count). The molecule has 0 unspecified atom stereocenters. The van der Waals surface area contributed by atoms with Crippen molar-refractivity contribution in [2.24, 2.45) is 0 Å². The highest BCUT2D eigenvalue weighted by Crippen LogP contribution is 2.20. The van der Waals surface area contributed by atoms with Gasteiger partial charge in [0.2, 0.25) is 11.9 Å². The number of anilines is 1. The van der Waals surface area contributed by atoms with Crippen LogP contribution in [0.4, 0.5) is 5.95 Å². The fourth-order valence-corrected chi connectivity index (χ4v) is 2.24. The van der Waals surface area contributed by atoms with Crippen molar-refractivity contribution in [3.05, 3.63) is 53.3 Å². The third-order valence-electron chi connectivity index (χ3n) is 3.14. The number of rotatable bonds is 4. The summed E-state index contributed by atoms with van der Waals surface area (Å²) in [5.74, 6) is 0.131. The minimum absolute atomic E-state index is 0.0660. The van der Waals surface area contributed by atoms with Gasteiger partial charge >= 0.3 is 0 Å². The van der Waals surface area contributed by atoms with E-state index < -0.39 is 0 Å². The summed E-state index contributed by atoms with van der Waals surface area (Å²) in [6.07, 6.45) is 0.737. The maximum atomic E-state index is 12.4. The fourth-order valence-electron chi connectivity index (χ4n) is 2.24. The smallest absolute Gasteiger partial charge is 0.234 e. The van der Waals surface area contributed by atoms with Gasteiger partial charge in [0.15, 0.2) is 0 Å². The first-order valence-corrected chi connectivity index (χ1v) is 6.78. The Balaban J connectivity index is 2.18. The Bertz CT molecular complexity index is 576. The third kappa shape index (κ3) is 3.41. The Morgan fingerprint density at radius 1 is 1.15 bits per heavy atom. The molecular formula is C16H19N3O. The van der Waals surface area contributed by atoms with Crippen LogP contribution in [0.3, 0.4) is 0 Å². The second kappa shape index (κ2) is 6.28. The lowest BCUT2D eigenvalue weighted by Crippen LogP contribution is -2.22. The summed E-state index contributed by atoms with van der Waals surface area (Å²) in [4.78, 5) is 20.9. The lowest BCUT2D eigenvalue weighted by molar-refractivity contribution is -0.117. The quantitative estimate of drug-likeness (QED) is 0.927.